The van der Waals surface area contributed by atoms with Gasteiger partial charge in [0.15, 0.2) is 5.71 Å². The van der Waals surface area contributed by atoms with Gasteiger partial charge in [0.05, 0.1) is 19.0 Å². The molecule has 0 aliphatic heterocycles. The molecule has 12 heteroatoms. The van der Waals surface area contributed by atoms with Gasteiger partial charge < -0.3 is 14.7 Å². The average Bonchev–Trinajstić information content (AvgIpc) is 2.82. The summed E-state index contributed by atoms with van der Waals surface area (Å²) in [5.74, 6) is 0.949. The zero-order valence-electron chi connectivity index (χ0n) is 19.1. The van der Waals surface area contributed by atoms with E-state index >= 15 is 0 Å². The summed E-state index contributed by atoms with van der Waals surface area (Å²) in [4.78, 5) is 0. The monoisotopic (exact) mass is 516 g/mol. The molecule has 35 heavy (non-hydrogen) atoms. The van der Waals surface area contributed by atoms with Gasteiger partial charge >= 0.3 is 16.3 Å². The Morgan fingerprint density at radius 1 is 0.971 bits per heavy atom. The number of hydrogen-bond donors (Lipinski definition) is 1. The molecular formula is C23H27F3N2O6S. The Bertz CT molecular complexity index is 1070. The van der Waals surface area contributed by atoms with Gasteiger partial charge in [0.1, 0.15) is 11.5 Å². The highest BCUT2D eigenvalue weighted by Gasteiger charge is 2.37. The van der Waals surface area contributed by atoms with Crippen LogP contribution < -0.4 is 9.47 Å². The summed E-state index contributed by atoms with van der Waals surface area (Å²) in [5, 5.41) is 14.4. The van der Waals surface area contributed by atoms with E-state index in [1.807, 2.05) is 19.1 Å². The molecule has 0 saturated heterocycles. The van der Waals surface area contributed by atoms with E-state index in [2.05, 4.69) is 14.6 Å². The van der Waals surface area contributed by atoms with Crippen LogP contribution in [-0.2, 0) is 20.8 Å². The van der Waals surface area contributed by atoms with Crippen LogP contribution in [0.1, 0.15) is 37.3 Å². The predicted molar refractivity (Wildman–Crippen MR) is 125 cm³/mol. The standard InChI is InChI=1S/C23H27F3N2O6S/c1-2-3-17-35(30,31)34-27-14-13-18-5-9-20(10-6-18)32-15-4-16-33-21-11-7-19(8-12-21)22(28-29)23(24,25)26/h5-12,14,29H,2-4,13,15-17H2,1H3. The minimum atomic E-state index is -4.76. The molecule has 8 nitrogen and oxygen atoms in total. The summed E-state index contributed by atoms with van der Waals surface area (Å²) in [6, 6.07) is 12.2. The van der Waals surface area contributed by atoms with Crippen LogP contribution in [0.15, 0.2) is 58.8 Å². The largest absolute Gasteiger partial charge is 0.493 e. The Balaban J connectivity index is 1.68. The molecular weight excluding hydrogens is 489 g/mol. The second-order valence-corrected chi connectivity index (χ2v) is 9.02. The normalized spacial score (nSPS) is 12.6. The third kappa shape index (κ3) is 10.3. The molecule has 0 amide bonds. The van der Waals surface area contributed by atoms with Crippen LogP contribution in [-0.4, -0.2) is 50.7 Å². The average molecular weight is 517 g/mol. The van der Waals surface area contributed by atoms with Crippen molar-refractivity contribution >= 4 is 22.0 Å². The number of ether oxygens (including phenoxy) is 2. The molecule has 1 N–H and O–H groups in total. The van der Waals surface area contributed by atoms with Crippen LogP contribution in [0.3, 0.4) is 0 Å². The maximum atomic E-state index is 12.7. The van der Waals surface area contributed by atoms with Crippen molar-refractivity contribution in [2.75, 3.05) is 19.0 Å². The third-order valence-corrected chi connectivity index (χ3v) is 5.65. The fraction of sp³-hybridized carbons (Fsp3) is 0.391. The van der Waals surface area contributed by atoms with Gasteiger partial charge in [-0.25, -0.2) is 0 Å². The number of alkyl halides is 3. The molecule has 2 aromatic rings. The zero-order valence-corrected chi connectivity index (χ0v) is 19.9. The van der Waals surface area contributed by atoms with Crippen molar-refractivity contribution in [3.8, 4) is 11.5 Å². The van der Waals surface area contributed by atoms with Crippen molar-refractivity contribution in [2.24, 2.45) is 10.3 Å². The molecule has 192 valence electrons. The fourth-order valence-electron chi connectivity index (χ4n) is 2.74. The van der Waals surface area contributed by atoms with Gasteiger partial charge in [-0.05, 0) is 48.4 Å². The van der Waals surface area contributed by atoms with Crippen molar-refractivity contribution in [2.45, 2.75) is 38.8 Å². The van der Waals surface area contributed by atoms with E-state index in [1.54, 1.807) is 12.1 Å². The number of hydrogen-bond acceptors (Lipinski definition) is 8. The van der Waals surface area contributed by atoms with E-state index in [-0.39, 0.29) is 17.9 Å². The molecule has 0 spiro atoms. The SMILES string of the molecule is CCCCS(=O)(=O)ON=CCc1ccc(OCCCOc2ccc(C(=NO)C(F)(F)F)cc2)cc1. The highest BCUT2D eigenvalue weighted by molar-refractivity contribution is 7.86. The van der Waals surface area contributed by atoms with E-state index < -0.39 is 22.0 Å². The van der Waals surface area contributed by atoms with E-state index in [1.165, 1.54) is 18.3 Å². The van der Waals surface area contributed by atoms with Crippen molar-refractivity contribution in [3.63, 3.8) is 0 Å². The van der Waals surface area contributed by atoms with Crippen LogP contribution in [0.25, 0.3) is 0 Å². The Morgan fingerprint density at radius 2 is 1.54 bits per heavy atom. The molecule has 0 aliphatic rings. The maximum Gasteiger partial charge on any atom is 0.437 e. The van der Waals surface area contributed by atoms with Gasteiger partial charge in [-0.3, -0.25) is 4.28 Å². The lowest BCUT2D eigenvalue weighted by Gasteiger charge is -2.11. The molecule has 0 aliphatic carbocycles. The quantitative estimate of drug-likeness (QED) is 0.165. The number of rotatable bonds is 14. The molecule has 0 atom stereocenters. The van der Waals surface area contributed by atoms with Crippen molar-refractivity contribution in [3.05, 3.63) is 59.7 Å². The van der Waals surface area contributed by atoms with Crippen molar-refractivity contribution in [1.29, 1.82) is 0 Å². The van der Waals surface area contributed by atoms with Gasteiger partial charge in [0.2, 0.25) is 0 Å². The molecule has 2 aromatic carbocycles. The molecule has 0 radical (unpaired) electrons. The fourth-order valence-corrected chi connectivity index (χ4v) is 3.65. The lowest BCUT2D eigenvalue weighted by molar-refractivity contribution is -0.0601. The summed E-state index contributed by atoms with van der Waals surface area (Å²) >= 11 is 0. The second-order valence-electron chi connectivity index (χ2n) is 7.35. The number of nitrogens with zero attached hydrogens (tertiary/aromatic N) is 2. The van der Waals surface area contributed by atoms with E-state index in [9.17, 15) is 21.6 Å². The molecule has 0 unspecified atom stereocenters. The third-order valence-electron chi connectivity index (χ3n) is 4.55. The van der Waals surface area contributed by atoms with Gasteiger partial charge in [-0.15, -0.1) is 0 Å². The van der Waals surface area contributed by atoms with Gasteiger partial charge in [0, 0.05) is 24.6 Å². The van der Waals surface area contributed by atoms with Gasteiger partial charge in [0.25, 0.3) is 0 Å². The predicted octanol–water partition coefficient (Wildman–Crippen LogP) is 4.95. The highest BCUT2D eigenvalue weighted by Crippen LogP contribution is 2.24. The summed E-state index contributed by atoms with van der Waals surface area (Å²) in [7, 11) is -3.63. The second kappa shape index (κ2) is 13.6. The minimum absolute atomic E-state index is 0.0626. The van der Waals surface area contributed by atoms with E-state index in [0.29, 0.717) is 37.4 Å². The first-order valence-electron chi connectivity index (χ1n) is 10.8. The van der Waals surface area contributed by atoms with Gasteiger partial charge in [-0.1, -0.05) is 35.8 Å². The van der Waals surface area contributed by atoms with Crippen LogP contribution in [0.4, 0.5) is 13.2 Å². The number of benzene rings is 2. The summed E-state index contributed by atoms with van der Waals surface area (Å²) in [6.07, 6.45) is -1.18. The molecule has 0 saturated carbocycles. The van der Waals surface area contributed by atoms with Gasteiger partial charge in [-0.2, -0.15) is 21.6 Å². The van der Waals surface area contributed by atoms with Crippen molar-refractivity contribution in [1.82, 2.24) is 0 Å². The molecule has 0 bridgehead atoms. The van der Waals surface area contributed by atoms with E-state index in [0.717, 1.165) is 24.1 Å². The lowest BCUT2D eigenvalue weighted by atomic mass is 10.1. The Morgan fingerprint density at radius 3 is 2.06 bits per heavy atom. The first-order chi connectivity index (χ1) is 16.6. The van der Waals surface area contributed by atoms with Crippen LogP contribution >= 0.6 is 0 Å². The lowest BCUT2D eigenvalue weighted by Crippen LogP contribution is -2.23. The van der Waals surface area contributed by atoms with Crippen LogP contribution in [0.5, 0.6) is 11.5 Å². The number of halogens is 3. The number of unbranched alkanes of at least 4 members (excludes halogenated alkanes) is 1. The highest BCUT2D eigenvalue weighted by atomic mass is 32.2. The zero-order chi connectivity index (χ0) is 25.7. The first kappa shape index (κ1) is 28.0. The summed E-state index contributed by atoms with van der Waals surface area (Å²) < 4.78 is 77.0. The van der Waals surface area contributed by atoms with Crippen molar-refractivity contribution < 1.29 is 40.6 Å². The topological polar surface area (TPSA) is 107 Å². The summed E-state index contributed by atoms with van der Waals surface area (Å²) in [6.45, 7) is 2.53. The van der Waals surface area contributed by atoms with Crippen LogP contribution in [0.2, 0.25) is 0 Å². The first-order valence-corrected chi connectivity index (χ1v) is 12.4. The Labute approximate surface area is 202 Å². The van der Waals surface area contributed by atoms with E-state index in [4.69, 9.17) is 14.7 Å². The molecule has 0 fully saturated rings. The maximum absolute atomic E-state index is 12.7. The summed E-state index contributed by atoms with van der Waals surface area (Å²) in [5.41, 5.74) is -0.753. The minimum Gasteiger partial charge on any atom is -0.493 e. The smallest absolute Gasteiger partial charge is 0.437 e. The Kier molecular flexibility index (Phi) is 10.8. The van der Waals surface area contributed by atoms with Crippen LogP contribution in [0, 0.1) is 0 Å². The Hall–Kier alpha value is -3.28. The molecule has 0 aromatic heterocycles. The molecule has 0 heterocycles. The number of oxime groups is 2. The molecule has 2 rings (SSSR count).